The van der Waals surface area contributed by atoms with Crippen molar-refractivity contribution < 1.29 is 0 Å². The molecule has 0 amide bonds. The molecule has 1 N–H and O–H groups in total. The van der Waals surface area contributed by atoms with E-state index in [1.165, 1.54) is 18.5 Å². The van der Waals surface area contributed by atoms with Crippen LogP contribution < -0.4 is 5.32 Å². The number of rotatable bonds is 4. The lowest BCUT2D eigenvalue weighted by molar-refractivity contribution is 0.713. The van der Waals surface area contributed by atoms with Crippen LogP contribution in [0.1, 0.15) is 32.6 Å². The van der Waals surface area contributed by atoms with Gasteiger partial charge in [0.15, 0.2) is 0 Å². The second-order valence-corrected chi connectivity index (χ2v) is 5.30. The first-order valence-corrected chi connectivity index (χ1v) is 7.10. The molecule has 0 bridgehead atoms. The summed E-state index contributed by atoms with van der Waals surface area (Å²) in [7, 11) is 1.87. The van der Waals surface area contributed by atoms with Crippen molar-refractivity contribution >= 4 is 17.4 Å². The van der Waals surface area contributed by atoms with Gasteiger partial charge in [0.25, 0.3) is 0 Å². The van der Waals surface area contributed by atoms with Crippen LogP contribution in [0, 0.1) is 11.8 Å². The Bertz CT molecular complexity index is 414. The van der Waals surface area contributed by atoms with Crippen molar-refractivity contribution in [2.24, 2.45) is 16.8 Å². The molecular weight excluding hydrogens is 244 g/mol. The molecule has 1 unspecified atom stereocenters. The Kier molecular flexibility index (Phi) is 4.65. The van der Waals surface area contributed by atoms with Crippen LogP contribution >= 0.6 is 11.6 Å². The highest BCUT2D eigenvalue weighted by molar-refractivity contribution is 6.31. The summed E-state index contributed by atoms with van der Waals surface area (Å²) >= 11 is 5.97. The normalized spacial score (nSPS) is 25.1. The van der Waals surface area contributed by atoms with E-state index in [1.807, 2.05) is 13.1 Å². The molecule has 1 fully saturated rings. The zero-order valence-electron chi connectivity index (χ0n) is 11.1. The van der Waals surface area contributed by atoms with Crippen LogP contribution in [0.2, 0.25) is 0 Å². The monoisotopic (exact) mass is 264 g/mol. The maximum absolute atomic E-state index is 5.97. The summed E-state index contributed by atoms with van der Waals surface area (Å²) in [6, 6.07) is 0. The molecule has 2 aliphatic carbocycles. The van der Waals surface area contributed by atoms with Crippen molar-refractivity contribution in [3.63, 3.8) is 0 Å². The second-order valence-electron chi connectivity index (χ2n) is 4.87. The van der Waals surface area contributed by atoms with E-state index in [4.69, 9.17) is 11.6 Å². The first kappa shape index (κ1) is 13.4. The summed E-state index contributed by atoms with van der Waals surface area (Å²) in [5, 5.41) is 4.38. The van der Waals surface area contributed by atoms with Gasteiger partial charge in [0.05, 0.1) is 0 Å². The molecule has 0 aromatic carbocycles. The maximum Gasteiger partial charge on any atom is 0.103 e. The van der Waals surface area contributed by atoms with E-state index >= 15 is 0 Å². The van der Waals surface area contributed by atoms with Gasteiger partial charge in [-0.15, -0.1) is 0 Å². The standard InChI is InChI=1S/C15H21ClN2/c1-3-4-14(11-7-9-13(16)10-8-11)18-15(17-2)12-5-6-12/h4,7,9-12H,3,5-6,8H2,1-2H3,(H,17,18)/b14-4+. The van der Waals surface area contributed by atoms with Gasteiger partial charge in [0, 0.05) is 29.6 Å². The highest BCUT2D eigenvalue weighted by Crippen LogP contribution is 2.31. The lowest BCUT2D eigenvalue weighted by atomic mass is 9.96. The average molecular weight is 265 g/mol. The minimum Gasteiger partial charge on any atom is -0.347 e. The Morgan fingerprint density at radius 1 is 1.56 bits per heavy atom. The molecule has 1 atom stereocenters. The van der Waals surface area contributed by atoms with Crippen molar-refractivity contribution in [2.45, 2.75) is 32.6 Å². The molecule has 18 heavy (non-hydrogen) atoms. The number of hydrogen-bond acceptors (Lipinski definition) is 1. The zero-order valence-corrected chi connectivity index (χ0v) is 11.9. The molecule has 0 spiro atoms. The van der Waals surface area contributed by atoms with Gasteiger partial charge in [0.2, 0.25) is 0 Å². The van der Waals surface area contributed by atoms with Gasteiger partial charge in [-0.3, -0.25) is 4.99 Å². The Hall–Kier alpha value is -1.02. The summed E-state index contributed by atoms with van der Waals surface area (Å²) in [6.07, 6.45) is 13.0. The summed E-state index contributed by atoms with van der Waals surface area (Å²) in [4.78, 5) is 4.38. The molecule has 1 saturated carbocycles. The predicted octanol–water partition coefficient (Wildman–Crippen LogP) is 4.01. The first-order chi connectivity index (χ1) is 8.74. The van der Waals surface area contributed by atoms with Crippen molar-refractivity contribution in [1.29, 1.82) is 0 Å². The fourth-order valence-electron chi connectivity index (χ4n) is 2.19. The van der Waals surface area contributed by atoms with Gasteiger partial charge in [-0.25, -0.2) is 0 Å². The van der Waals surface area contributed by atoms with Crippen LogP contribution in [0.4, 0.5) is 0 Å². The smallest absolute Gasteiger partial charge is 0.103 e. The zero-order chi connectivity index (χ0) is 13.0. The minimum absolute atomic E-state index is 0.406. The highest BCUT2D eigenvalue weighted by Gasteiger charge is 2.28. The van der Waals surface area contributed by atoms with Crippen LogP contribution in [0.25, 0.3) is 0 Å². The van der Waals surface area contributed by atoms with Gasteiger partial charge < -0.3 is 5.32 Å². The lowest BCUT2D eigenvalue weighted by Crippen LogP contribution is -2.28. The topological polar surface area (TPSA) is 24.4 Å². The first-order valence-electron chi connectivity index (χ1n) is 6.72. The number of halogens is 1. The van der Waals surface area contributed by atoms with E-state index in [1.54, 1.807) is 0 Å². The van der Waals surface area contributed by atoms with Crippen LogP contribution in [0.15, 0.2) is 40.0 Å². The summed E-state index contributed by atoms with van der Waals surface area (Å²) in [6.45, 7) is 2.16. The molecule has 0 aliphatic heterocycles. The summed E-state index contributed by atoms with van der Waals surface area (Å²) < 4.78 is 0. The van der Waals surface area contributed by atoms with Gasteiger partial charge in [-0.1, -0.05) is 36.8 Å². The quantitative estimate of drug-likeness (QED) is 0.602. The van der Waals surface area contributed by atoms with Crippen molar-refractivity contribution in [3.8, 4) is 0 Å². The number of aliphatic imine (C=N–C) groups is 1. The number of nitrogens with zero attached hydrogens (tertiary/aromatic N) is 1. The van der Waals surface area contributed by atoms with E-state index < -0.39 is 0 Å². The minimum atomic E-state index is 0.406. The van der Waals surface area contributed by atoms with E-state index in [9.17, 15) is 0 Å². The van der Waals surface area contributed by atoms with Crippen molar-refractivity contribution in [3.05, 3.63) is 35.0 Å². The largest absolute Gasteiger partial charge is 0.347 e. The fraction of sp³-hybridized carbons (Fsp3) is 0.533. The molecule has 2 aliphatic rings. The number of amidine groups is 1. The van der Waals surface area contributed by atoms with E-state index in [-0.39, 0.29) is 0 Å². The molecular formula is C15H21ClN2. The van der Waals surface area contributed by atoms with Crippen LogP contribution in [0.3, 0.4) is 0 Å². The number of allylic oxidation sites excluding steroid dienone is 5. The molecule has 0 heterocycles. The third-order valence-electron chi connectivity index (χ3n) is 3.36. The van der Waals surface area contributed by atoms with E-state index in [0.717, 1.165) is 23.7 Å². The number of nitrogens with one attached hydrogen (secondary N) is 1. The molecule has 0 saturated heterocycles. The summed E-state index contributed by atoms with van der Waals surface area (Å²) in [5.41, 5.74) is 1.27. The predicted molar refractivity (Wildman–Crippen MR) is 78.8 cm³/mol. The van der Waals surface area contributed by atoms with Crippen molar-refractivity contribution in [1.82, 2.24) is 5.32 Å². The summed E-state index contributed by atoms with van der Waals surface area (Å²) in [5.74, 6) is 2.20. The van der Waals surface area contributed by atoms with Gasteiger partial charge in [-0.05, 0) is 31.8 Å². The molecule has 0 aromatic rings. The molecule has 0 radical (unpaired) electrons. The van der Waals surface area contributed by atoms with Crippen LogP contribution in [-0.2, 0) is 0 Å². The van der Waals surface area contributed by atoms with Crippen molar-refractivity contribution in [2.75, 3.05) is 7.05 Å². The SMILES string of the molecule is CC/C=C(/N/C(=N\C)C1CC1)C1C=CC(Cl)=CC1. The third kappa shape index (κ3) is 3.49. The lowest BCUT2D eigenvalue weighted by Gasteiger charge is -2.21. The average Bonchev–Trinajstić information content (AvgIpc) is 3.20. The van der Waals surface area contributed by atoms with E-state index in [2.05, 4.69) is 35.5 Å². The molecule has 2 rings (SSSR count). The van der Waals surface area contributed by atoms with Gasteiger partial charge in [0.1, 0.15) is 5.84 Å². The molecule has 98 valence electrons. The highest BCUT2D eigenvalue weighted by atomic mass is 35.5. The molecule has 2 nitrogen and oxygen atoms in total. The number of hydrogen-bond donors (Lipinski definition) is 1. The maximum atomic E-state index is 5.97. The Morgan fingerprint density at radius 3 is 2.83 bits per heavy atom. The van der Waals surface area contributed by atoms with Crippen LogP contribution in [-0.4, -0.2) is 12.9 Å². The van der Waals surface area contributed by atoms with Gasteiger partial charge in [-0.2, -0.15) is 0 Å². The molecule has 3 heteroatoms. The van der Waals surface area contributed by atoms with E-state index in [0.29, 0.717) is 11.8 Å². The van der Waals surface area contributed by atoms with Crippen LogP contribution in [0.5, 0.6) is 0 Å². The Balaban J connectivity index is 2.05. The molecule has 0 aromatic heterocycles. The van der Waals surface area contributed by atoms with Gasteiger partial charge >= 0.3 is 0 Å². The Labute approximate surface area is 115 Å². The third-order valence-corrected chi connectivity index (χ3v) is 3.64. The fourth-order valence-corrected chi connectivity index (χ4v) is 2.35. The second kappa shape index (κ2) is 6.24. The Morgan fingerprint density at radius 2 is 2.33 bits per heavy atom.